The number of piperidine rings is 2. The van der Waals surface area contributed by atoms with E-state index >= 15 is 0 Å². The number of nitrogens with zero attached hydrogens (tertiary/aromatic N) is 4. The van der Waals surface area contributed by atoms with Gasteiger partial charge in [-0.05, 0) is 67.9 Å². The molecule has 0 saturated carbocycles. The molecule has 210 valence electrons. The molecule has 10 nitrogen and oxygen atoms in total. The van der Waals surface area contributed by atoms with Gasteiger partial charge in [-0.1, -0.05) is 24.3 Å². The summed E-state index contributed by atoms with van der Waals surface area (Å²) in [6.07, 6.45) is 6.73. The molecule has 0 radical (unpaired) electrons. The second-order valence-electron chi connectivity index (χ2n) is 11.3. The summed E-state index contributed by atoms with van der Waals surface area (Å²) >= 11 is 0. The lowest BCUT2D eigenvalue weighted by molar-refractivity contribution is -0.134. The Kier molecular flexibility index (Phi) is 7.32. The summed E-state index contributed by atoms with van der Waals surface area (Å²) in [4.78, 5) is 45.5. The van der Waals surface area contributed by atoms with Crippen molar-refractivity contribution >= 4 is 34.6 Å². The van der Waals surface area contributed by atoms with E-state index in [1.165, 1.54) is 0 Å². The number of rotatable bonds is 5. The Hall–Kier alpha value is -4.08. The molecule has 40 heavy (non-hydrogen) atoms. The third-order valence-electron chi connectivity index (χ3n) is 8.56. The molecule has 3 N–H and O–H groups in total. The van der Waals surface area contributed by atoms with E-state index in [9.17, 15) is 14.4 Å². The third kappa shape index (κ3) is 5.35. The van der Waals surface area contributed by atoms with Gasteiger partial charge in [0, 0.05) is 56.3 Å². The molecule has 3 aromatic rings. The summed E-state index contributed by atoms with van der Waals surface area (Å²) in [5, 5.41) is 14.3. The van der Waals surface area contributed by atoms with Crippen LogP contribution in [-0.2, 0) is 17.8 Å². The average Bonchev–Trinajstić information content (AvgIpc) is 3.46. The van der Waals surface area contributed by atoms with Crippen molar-refractivity contribution < 1.29 is 14.4 Å². The fraction of sp³-hybridized carbons (Fsp3) is 0.467. The Morgan fingerprint density at radius 2 is 1.82 bits per heavy atom. The number of aromatic nitrogens is 2. The van der Waals surface area contributed by atoms with Crippen molar-refractivity contribution in [2.45, 2.75) is 64.1 Å². The molecule has 6 rings (SSSR count). The van der Waals surface area contributed by atoms with Crippen LogP contribution in [0.25, 0.3) is 10.9 Å². The van der Waals surface area contributed by atoms with Gasteiger partial charge in [-0.2, -0.15) is 5.10 Å². The fourth-order valence-electron chi connectivity index (χ4n) is 6.34. The number of hydrogen-bond acceptors (Lipinski definition) is 4. The molecule has 0 spiro atoms. The van der Waals surface area contributed by atoms with Gasteiger partial charge < -0.3 is 25.3 Å². The minimum absolute atomic E-state index is 0.0171. The van der Waals surface area contributed by atoms with Gasteiger partial charge in [0.05, 0.1) is 11.7 Å². The van der Waals surface area contributed by atoms with E-state index in [1.54, 1.807) is 11.1 Å². The first-order valence-corrected chi connectivity index (χ1v) is 14.4. The molecule has 5 amide bonds. The Morgan fingerprint density at radius 1 is 1.05 bits per heavy atom. The molecule has 1 aromatic heterocycles. The number of aryl methyl sites for hydroxylation is 1. The summed E-state index contributed by atoms with van der Waals surface area (Å²) in [7, 11) is 0. The van der Waals surface area contributed by atoms with Crippen molar-refractivity contribution in [3.63, 3.8) is 0 Å². The second-order valence-corrected chi connectivity index (χ2v) is 11.3. The minimum atomic E-state index is -0.642. The number of carbonyl (C=O) groups excluding carboxylic acids is 3. The van der Waals surface area contributed by atoms with E-state index in [0.717, 1.165) is 65.6 Å². The zero-order valence-corrected chi connectivity index (χ0v) is 23.0. The van der Waals surface area contributed by atoms with E-state index in [4.69, 9.17) is 0 Å². The van der Waals surface area contributed by atoms with Crippen molar-refractivity contribution in [3.05, 3.63) is 59.3 Å². The maximum atomic E-state index is 13.6. The number of amides is 5. The van der Waals surface area contributed by atoms with Gasteiger partial charge in [-0.15, -0.1) is 0 Å². The predicted octanol–water partition coefficient (Wildman–Crippen LogP) is 4.02. The van der Waals surface area contributed by atoms with E-state index in [2.05, 4.69) is 26.9 Å². The predicted molar refractivity (Wildman–Crippen MR) is 153 cm³/mol. The summed E-state index contributed by atoms with van der Waals surface area (Å²) in [5.41, 5.74) is 5.02. The number of anilines is 1. The molecule has 2 aromatic carbocycles. The standard InChI is InChI=1S/C30H37N7O3/c1-20-15-21(16-23-18-31-34-27(20)23)17-26(28(38)35-11-5-2-6-12-35)33-29(39)36-13-9-24(10-14-36)37-19-22-7-3-4-8-25(22)32-30(37)40/h3-4,7-8,15-16,18,24,26H,2,5-6,9-14,17,19H2,1H3,(H,31,34)(H,32,40)(H,33,39). The van der Waals surface area contributed by atoms with Crippen LogP contribution in [0.2, 0.25) is 0 Å². The second kappa shape index (κ2) is 11.2. The SMILES string of the molecule is Cc1cc(CC(NC(=O)N2CCC(N3Cc4ccccc4NC3=O)CC2)C(=O)N2CCCCC2)cc2cn[nH]c12. The summed E-state index contributed by atoms with van der Waals surface area (Å²) in [6.45, 7) is 5.13. The van der Waals surface area contributed by atoms with Crippen LogP contribution in [0.3, 0.4) is 0 Å². The Morgan fingerprint density at radius 3 is 2.62 bits per heavy atom. The lowest BCUT2D eigenvalue weighted by Crippen LogP contribution is -2.56. The normalized spacial score (nSPS) is 18.8. The van der Waals surface area contributed by atoms with Gasteiger partial charge in [0.2, 0.25) is 5.91 Å². The molecule has 3 aliphatic rings. The average molecular weight is 544 g/mol. The number of urea groups is 2. The molecule has 0 aliphatic carbocycles. The van der Waals surface area contributed by atoms with Crippen LogP contribution in [0.5, 0.6) is 0 Å². The largest absolute Gasteiger partial charge is 0.341 e. The third-order valence-corrected chi connectivity index (χ3v) is 8.56. The maximum Gasteiger partial charge on any atom is 0.322 e. The van der Waals surface area contributed by atoms with Crippen LogP contribution in [0.1, 0.15) is 48.8 Å². The lowest BCUT2D eigenvalue weighted by Gasteiger charge is -2.41. The van der Waals surface area contributed by atoms with Crippen LogP contribution in [0, 0.1) is 6.92 Å². The lowest BCUT2D eigenvalue weighted by atomic mass is 9.99. The van der Waals surface area contributed by atoms with Gasteiger partial charge in [-0.25, -0.2) is 9.59 Å². The topological polar surface area (TPSA) is 114 Å². The number of fused-ring (bicyclic) bond motifs is 2. The number of aromatic amines is 1. The van der Waals surface area contributed by atoms with Gasteiger partial charge in [-0.3, -0.25) is 9.89 Å². The molecule has 0 bridgehead atoms. The molecule has 3 aliphatic heterocycles. The summed E-state index contributed by atoms with van der Waals surface area (Å²) in [6, 6.07) is 11.1. The van der Waals surface area contributed by atoms with E-state index in [-0.39, 0.29) is 24.0 Å². The first-order valence-electron chi connectivity index (χ1n) is 14.4. The van der Waals surface area contributed by atoms with Crippen LogP contribution >= 0.6 is 0 Å². The zero-order valence-electron chi connectivity index (χ0n) is 23.0. The van der Waals surface area contributed by atoms with Crippen molar-refractivity contribution in [1.29, 1.82) is 0 Å². The first-order chi connectivity index (χ1) is 19.5. The van der Waals surface area contributed by atoms with Crippen LogP contribution < -0.4 is 10.6 Å². The smallest absolute Gasteiger partial charge is 0.322 e. The number of H-pyrrole nitrogens is 1. The number of benzene rings is 2. The number of hydrogen-bond donors (Lipinski definition) is 3. The van der Waals surface area contributed by atoms with Gasteiger partial charge >= 0.3 is 12.1 Å². The zero-order chi connectivity index (χ0) is 27.6. The van der Waals surface area contributed by atoms with Gasteiger partial charge in [0.1, 0.15) is 6.04 Å². The molecular formula is C30H37N7O3. The highest BCUT2D eigenvalue weighted by Gasteiger charge is 2.34. The highest BCUT2D eigenvalue weighted by Crippen LogP contribution is 2.28. The number of carbonyl (C=O) groups is 3. The van der Waals surface area contributed by atoms with Crippen LogP contribution in [0.4, 0.5) is 15.3 Å². The summed E-state index contributed by atoms with van der Waals surface area (Å²) < 4.78 is 0. The monoisotopic (exact) mass is 543 g/mol. The highest BCUT2D eigenvalue weighted by molar-refractivity contribution is 5.92. The van der Waals surface area contributed by atoms with E-state index in [0.29, 0.717) is 38.9 Å². The van der Waals surface area contributed by atoms with Gasteiger partial charge in [0.15, 0.2) is 0 Å². The van der Waals surface area contributed by atoms with E-state index in [1.807, 2.05) is 47.1 Å². The Bertz CT molecular complexity index is 1410. The van der Waals surface area contributed by atoms with Crippen molar-refractivity contribution in [3.8, 4) is 0 Å². The molecule has 10 heteroatoms. The Labute approximate surface area is 234 Å². The number of para-hydroxylation sites is 1. The van der Waals surface area contributed by atoms with Crippen LogP contribution in [-0.4, -0.2) is 81.1 Å². The number of likely N-dealkylation sites (tertiary alicyclic amines) is 2. The first kappa shape index (κ1) is 26.2. The highest BCUT2D eigenvalue weighted by atomic mass is 16.2. The molecular weight excluding hydrogens is 506 g/mol. The Balaban J connectivity index is 1.12. The molecule has 1 unspecified atom stereocenters. The van der Waals surface area contributed by atoms with Crippen molar-refractivity contribution in [2.24, 2.45) is 0 Å². The van der Waals surface area contributed by atoms with Gasteiger partial charge in [0.25, 0.3) is 0 Å². The minimum Gasteiger partial charge on any atom is -0.341 e. The molecule has 2 saturated heterocycles. The fourth-order valence-corrected chi connectivity index (χ4v) is 6.34. The molecule has 2 fully saturated rings. The van der Waals surface area contributed by atoms with Crippen LogP contribution in [0.15, 0.2) is 42.6 Å². The van der Waals surface area contributed by atoms with Crippen molar-refractivity contribution in [1.82, 2.24) is 30.2 Å². The van der Waals surface area contributed by atoms with E-state index < -0.39 is 6.04 Å². The maximum absolute atomic E-state index is 13.6. The summed E-state index contributed by atoms with van der Waals surface area (Å²) in [5.74, 6) is -0.0171. The molecule has 1 atom stereocenters. The van der Waals surface area contributed by atoms with Crippen molar-refractivity contribution in [2.75, 3.05) is 31.5 Å². The molecule has 4 heterocycles. The quantitative estimate of drug-likeness (QED) is 0.451. The number of nitrogens with one attached hydrogen (secondary N) is 3.